The number of benzene rings is 1. The highest BCUT2D eigenvalue weighted by molar-refractivity contribution is 8.30. The van der Waals surface area contributed by atoms with Crippen LogP contribution in [-0.4, -0.2) is 37.3 Å². The Balaban J connectivity index is 1.69. The fraction of sp³-hybridized carbons (Fsp3) is 0.429. The van der Waals surface area contributed by atoms with Gasteiger partial charge in [0.25, 0.3) is 11.5 Å². The van der Waals surface area contributed by atoms with Crippen LogP contribution in [0.15, 0.2) is 33.5 Å². The number of aliphatic carboxylic acids is 1. The molecule has 1 saturated heterocycles. The van der Waals surface area contributed by atoms with E-state index in [9.17, 15) is 19.5 Å². The van der Waals surface area contributed by atoms with E-state index in [2.05, 4.69) is 20.8 Å². The van der Waals surface area contributed by atoms with Crippen molar-refractivity contribution in [2.75, 3.05) is 6.54 Å². The lowest BCUT2D eigenvalue weighted by Gasteiger charge is -2.13. The van der Waals surface area contributed by atoms with E-state index in [0.717, 1.165) is 69.2 Å². The number of rotatable bonds is 11. The van der Waals surface area contributed by atoms with Crippen LogP contribution in [-0.2, 0) is 16.1 Å². The number of hydrogen-bond acceptors (Lipinski definition) is 7. The van der Waals surface area contributed by atoms with E-state index in [0.29, 0.717) is 25.0 Å². The van der Waals surface area contributed by atoms with E-state index >= 15 is 0 Å². The van der Waals surface area contributed by atoms with Crippen LogP contribution in [0.25, 0.3) is 22.0 Å². The van der Waals surface area contributed by atoms with E-state index in [1.54, 1.807) is 11.0 Å². The normalized spacial score (nSPS) is 16.0. The molecule has 1 amide bonds. The second-order valence-electron chi connectivity index (χ2n) is 9.72. The number of carboxylic acids is 1. The number of thiocarbonyl (C=S) groups is 1. The van der Waals surface area contributed by atoms with E-state index in [1.165, 1.54) is 19.3 Å². The SMILES string of the molecule is CCCCCCCCN1C(=O)/C(=c2\s/c(=C/c3ccc4cc(C(C)C)oc4c3)c(=O)n2CC(=O)O)SC1=S. The van der Waals surface area contributed by atoms with Crippen molar-refractivity contribution < 1.29 is 19.1 Å². The highest BCUT2D eigenvalue weighted by atomic mass is 32.2. The Bertz CT molecular complexity index is 1550. The second kappa shape index (κ2) is 12.4. The van der Waals surface area contributed by atoms with Crippen molar-refractivity contribution in [3.05, 3.63) is 55.1 Å². The molecule has 202 valence electrons. The first-order valence-electron chi connectivity index (χ1n) is 12.9. The van der Waals surface area contributed by atoms with Crippen molar-refractivity contribution in [1.82, 2.24) is 9.47 Å². The topological polar surface area (TPSA) is 92.8 Å². The number of carbonyl (C=O) groups excluding carboxylic acids is 1. The number of amides is 1. The Hall–Kier alpha value is -2.69. The monoisotopic (exact) mass is 572 g/mol. The van der Waals surface area contributed by atoms with E-state index in [1.807, 2.05) is 24.3 Å². The molecule has 7 nitrogen and oxygen atoms in total. The van der Waals surface area contributed by atoms with Gasteiger partial charge in [-0.1, -0.05) is 89.0 Å². The van der Waals surface area contributed by atoms with Crippen LogP contribution in [0, 0.1) is 0 Å². The Morgan fingerprint density at radius 1 is 1.13 bits per heavy atom. The van der Waals surface area contributed by atoms with Crippen molar-refractivity contribution in [2.45, 2.75) is 71.8 Å². The zero-order chi connectivity index (χ0) is 27.4. The third-order valence-corrected chi connectivity index (χ3v) is 9.11. The number of aromatic nitrogens is 1. The minimum absolute atomic E-state index is 0.253. The molecular weight excluding hydrogens is 541 g/mol. The number of fused-ring (bicyclic) bond motifs is 1. The summed E-state index contributed by atoms with van der Waals surface area (Å²) < 4.78 is 8.23. The van der Waals surface area contributed by atoms with Crippen molar-refractivity contribution in [2.24, 2.45) is 0 Å². The maximum Gasteiger partial charge on any atom is 0.323 e. The molecule has 0 radical (unpaired) electrons. The van der Waals surface area contributed by atoms with Gasteiger partial charge in [0.15, 0.2) is 0 Å². The molecule has 1 fully saturated rings. The molecule has 3 heterocycles. The van der Waals surface area contributed by atoms with Gasteiger partial charge in [-0.15, -0.1) is 11.3 Å². The van der Waals surface area contributed by atoms with Gasteiger partial charge >= 0.3 is 5.97 Å². The molecule has 4 rings (SSSR count). The van der Waals surface area contributed by atoms with Gasteiger partial charge in [0.2, 0.25) is 0 Å². The summed E-state index contributed by atoms with van der Waals surface area (Å²) in [6.45, 7) is 6.28. The number of thiazole rings is 1. The first kappa shape index (κ1) is 28.3. The smallest absolute Gasteiger partial charge is 0.323 e. The molecular formula is C28H32N2O5S3. The Morgan fingerprint density at radius 3 is 2.58 bits per heavy atom. The van der Waals surface area contributed by atoms with Crippen molar-refractivity contribution in [3.63, 3.8) is 0 Å². The third kappa shape index (κ3) is 6.30. The summed E-state index contributed by atoms with van der Waals surface area (Å²) in [6, 6.07) is 7.70. The van der Waals surface area contributed by atoms with Crippen LogP contribution < -0.4 is 14.8 Å². The highest BCUT2D eigenvalue weighted by Crippen LogP contribution is 2.31. The van der Waals surface area contributed by atoms with Crippen molar-refractivity contribution in [1.29, 1.82) is 0 Å². The fourth-order valence-electron chi connectivity index (χ4n) is 4.33. The van der Waals surface area contributed by atoms with Crippen LogP contribution in [0.2, 0.25) is 0 Å². The quantitative estimate of drug-likeness (QED) is 0.255. The van der Waals surface area contributed by atoms with Gasteiger partial charge in [-0.3, -0.25) is 23.9 Å². The molecule has 0 spiro atoms. The van der Waals surface area contributed by atoms with E-state index in [-0.39, 0.29) is 11.8 Å². The molecule has 3 aromatic rings. The van der Waals surface area contributed by atoms with Crippen molar-refractivity contribution in [3.8, 4) is 0 Å². The number of unbranched alkanes of at least 4 members (excludes halogenated alkanes) is 5. The molecule has 0 atom stereocenters. The minimum atomic E-state index is -1.15. The molecule has 1 N–H and O–H groups in total. The van der Waals surface area contributed by atoms with E-state index in [4.69, 9.17) is 16.6 Å². The molecule has 10 heteroatoms. The Morgan fingerprint density at radius 2 is 1.87 bits per heavy atom. The van der Waals surface area contributed by atoms with Gasteiger partial charge < -0.3 is 9.52 Å². The number of nitrogens with zero attached hydrogens (tertiary/aromatic N) is 2. The molecule has 1 aliphatic rings. The number of hydrogen-bond donors (Lipinski definition) is 1. The lowest BCUT2D eigenvalue weighted by atomic mass is 10.1. The molecule has 0 bridgehead atoms. The van der Waals surface area contributed by atoms with Crippen LogP contribution in [0.4, 0.5) is 0 Å². The summed E-state index contributed by atoms with van der Waals surface area (Å²) in [7, 11) is 0. The predicted octanol–water partition coefficient (Wildman–Crippen LogP) is 5.02. The minimum Gasteiger partial charge on any atom is -0.480 e. The third-order valence-electron chi connectivity index (χ3n) is 6.41. The van der Waals surface area contributed by atoms with Crippen LogP contribution in [0.3, 0.4) is 0 Å². The summed E-state index contributed by atoms with van der Waals surface area (Å²) in [6.07, 6.45) is 8.28. The van der Waals surface area contributed by atoms with Gasteiger partial charge in [0.05, 0.1) is 4.53 Å². The van der Waals surface area contributed by atoms with Gasteiger partial charge in [-0.2, -0.15) is 0 Å². The summed E-state index contributed by atoms with van der Waals surface area (Å²) >= 11 is 7.74. The molecule has 0 unspecified atom stereocenters. The summed E-state index contributed by atoms with van der Waals surface area (Å²) in [5.74, 6) is -0.283. The molecule has 1 aliphatic heterocycles. The fourth-order valence-corrected chi connectivity index (χ4v) is 6.90. The molecule has 0 aliphatic carbocycles. The van der Waals surface area contributed by atoms with E-state index < -0.39 is 18.1 Å². The van der Waals surface area contributed by atoms with Gasteiger partial charge in [-0.25, -0.2) is 0 Å². The lowest BCUT2D eigenvalue weighted by Crippen LogP contribution is -2.35. The number of thioether (sulfide) groups is 1. The van der Waals surface area contributed by atoms with Crippen LogP contribution in [0.1, 0.15) is 76.5 Å². The maximum absolute atomic E-state index is 13.3. The Kier molecular flexibility index (Phi) is 9.27. The summed E-state index contributed by atoms with van der Waals surface area (Å²) in [5.41, 5.74) is 1.03. The number of carbonyl (C=O) groups is 2. The molecule has 1 aromatic carbocycles. The second-order valence-corrected chi connectivity index (χ2v) is 12.4. The average molecular weight is 573 g/mol. The van der Waals surface area contributed by atoms with Crippen molar-refractivity contribution >= 4 is 73.5 Å². The first-order valence-corrected chi connectivity index (χ1v) is 15.0. The maximum atomic E-state index is 13.3. The highest BCUT2D eigenvalue weighted by Gasteiger charge is 2.33. The molecule has 2 aromatic heterocycles. The summed E-state index contributed by atoms with van der Waals surface area (Å²) in [5, 5.41) is 10.5. The Labute approximate surface area is 234 Å². The summed E-state index contributed by atoms with van der Waals surface area (Å²) in [4.78, 5) is 40.1. The molecule has 0 saturated carbocycles. The largest absolute Gasteiger partial charge is 0.480 e. The van der Waals surface area contributed by atoms with Gasteiger partial charge in [0.1, 0.15) is 31.8 Å². The zero-order valence-corrected chi connectivity index (χ0v) is 24.3. The zero-order valence-electron chi connectivity index (χ0n) is 21.8. The standard InChI is InChI=1S/C28H32N2O5S3/c1-4-5-6-7-8-9-12-29-26(34)24(38-28(29)36)27-30(16-23(31)32)25(33)22(37-27)14-18-10-11-19-15-20(17(2)3)35-21(19)13-18/h10-11,13-15,17H,4-9,12,16H2,1-3H3,(H,31,32)/b22-14+,27-24+. The lowest BCUT2D eigenvalue weighted by molar-refractivity contribution is -0.137. The average Bonchev–Trinajstić information content (AvgIpc) is 3.51. The predicted molar refractivity (Wildman–Crippen MR) is 158 cm³/mol. The number of furan rings is 1. The van der Waals surface area contributed by atoms with Gasteiger partial charge in [0, 0.05) is 17.8 Å². The van der Waals surface area contributed by atoms with Crippen LogP contribution in [0.5, 0.6) is 0 Å². The number of carboxylic acid groups (broad SMARTS) is 1. The molecule has 38 heavy (non-hydrogen) atoms. The van der Waals surface area contributed by atoms with Crippen LogP contribution >= 0.6 is 35.3 Å². The first-order chi connectivity index (χ1) is 18.2. The van der Waals surface area contributed by atoms with Gasteiger partial charge in [-0.05, 0) is 30.2 Å².